The van der Waals surface area contributed by atoms with Crippen LogP contribution in [0.15, 0.2) is 59.6 Å². The highest BCUT2D eigenvalue weighted by atomic mass is 16.5. The van der Waals surface area contributed by atoms with E-state index in [2.05, 4.69) is 10.3 Å². The van der Waals surface area contributed by atoms with Gasteiger partial charge in [0.05, 0.1) is 25.4 Å². The van der Waals surface area contributed by atoms with Gasteiger partial charge >= 0.3 is 5.97 Å². The van der Waals surface area contributed by atoms with Crippen molar-refractivity contribution in [2.45, 2.75) is 65.5 Å². The smallest absolute Gasteiger partial charge is 0.328 e. The normalized spacial score (nSPS) is 13.8. The number of aliphatic imine (C=N–C) groups is 1. The Morgan fingerprint density at radius 1 is 0.949 bits per heavy atom. The third kappa shape index (κ3) is 10.9. The summed E-state index contributed by atoms with van der Waals surface area (Å²) in [5, 5.41) is 12.3. The van der Waals surface area contributed by atoms with Crippen LogP contribution in [0.3, 0.4) is 0 Å². The Morgan fingerprint density at radius 3 is 2.15 bits per heavy atom. The maximum atomic E-state index is 13.6. The Bertz CT molecular complexity index is 1080. The fourth-order valence-corrected chi connectivity index (χ4v) is 4.58. The third-order valence-electron chi connectivity index (χ3n) is 6.59. The number of aryl methyl sites for hydroxylation is 1. The largest absolute Gasteiger partial charge is 0.467 e. The van der Waals surface area contributed by atoms with E-state index in [-0.39, 0.29) is 12.3 Å². The molecule has 0 saturated carbocycles. The highest BCUT2D eigenvalue weighted by molar-refractivity contribution is 5.90. The predicted octanol–water partition coefficient (Wildman–Crippen LogP) is 3.57. The number of amides is 2. The first kappa shape index (κ1) is 31.5. The van der Waals surface area contributed by atoms with Gasteiger partial charge in [-0.15, -0.1) is 0 Å². The second-order valence-corrected chi connectivity index (χ2v) is 10.3. The number of rotatable bonds is 15. The quantitative estimate of drug-likeness (QED) is 0.0898. The van der Waals surface area contributed by atoms with Gasteiger partial charge in [-0.3, -0.25) is 19.8 Å². The van der Waals surface area contributed by atoms with Crippen molar-refractivity contribution in [2.75, 3.05) is 7.11 Å². The highest BCUT2D eigenvalue weighted by Crippen LogP contribution is 2.27. The summed E-state index contributed by atoms with van der Waals surface area (Å²) in [6, 6.07) is 16.5. The molecule has 0 spiro atoms. The van der Waals surface area contributed by atoms with Crippen molar-refractivity contribution in [3.05, 3.63) is 71.3 Å². The molecular formula is C30H42N4O5. The molecule has 2 rings (SSSR count). The molecule has 0 fully saturated rings. The number of carbonyl (C=O) groups is 3. The Labute approximate surface area is 231 Å². The zero-order chi connectivity index (χ0) is 28.8. The standard InChI is InChI=1S/C30H42N4O5/c1-20(2)17-26(25(29(36)34-38)12-8-11-22-9-6-5-7-10-22)28(35)33-27(30(37)39-4)18-23-13-15-24(16-14-23)19-32-21(3)31/h5-7,9-10,13-16,20,25-27,38H,8,11-12,17-19H2,1-4H3,(H2,31,32)(H,33,35)(H,34,36)/t25-,26+,27-/m0/s1. The van der Waals surface area contributed by atoms with Gasteiger partial charge < -0.3 is 15.8 Å². The van der Waals surface area contributed by atoms with Gasteiger partial charge in [-0.2, -0.15) is 0 Å². The number of benzene rings is 2. The second-order valence-electron chi connectivity index (χ2n) is 10.3. The monoisotopic (exact) mass is 538 g/mol. The lowest BCUT2D eigenvalue weighted by molar-refractivity contribution is -0.147. The molecule has 0 aliphatic carbocycles. The van der Waals surface area contributed by atoms with Crippen LogP contribution in [0.1, 0.15) is 56.7 Å². The van der Waals surface area contributed by atoms with E-state index < -0.39 is 35.7 Å². The number of methoxy groups -OCH3 is 1. The SMILES string of the molecule is COC(=O)[C@H](Cc1ccc(CN=C(C)N)cc1)NC(=O)[C@H](CC(C)C)[C@H](CCCc1ccccc1)C(=O)NO. The van der Waals surface area contributed by atoms with E-state index in [0.29, 0.717) is 31.6 Å². The Morgan fingerprint density at radius 2 is 1.59 bits per heavy atom. The number of amidine groups is 1. The molecular weight excluding hydrogens is 496 g/mol. The average Bonchev–Trinajstić information content (AvgIpc) is 2.93. The van der Waals surface area contributed by atoms with Crippen molar-refractivity contribution in [2.24, 2.45) is 28.5 Å². The summed E-state index contributed by atoms with van der Waals surface area (Å²) >= 11 is 0. The fourth-order valence-electron chi connectivity index (χ4n) is 4.58. The van der Waals surface area contributed by atoms with Crippen molar-refractivity contribution in [1.82, 2.24) is 10.8 Å². The summed E-state index contributed by atoms with van der Waals surface area (Å²) in [5.74, 6) is -2.50. The lowest BCUT2D eigenvalue weighted by Crippen LogP contribution is -2.49. The topological polar surface area (TPSA) is 143 Å². The number of nitrogens with zero attached hydrogens (tertiary/aromatic N) is 1. The van der Waals surface area contributed by atoms with Crippen LogP contribution in [0, 0.1) is 17.8 Å². The first-order valence-electron chi connectivity index (χ1n) is 13.3. The molecule has 9 heteroatoms. The van der Waals surface area contributed by atoms with Crippen molar-refractivity contribution in [3.8, 4) is 0 Å². The molecule has 0 aromatic heterocycles. The maximum absolute atomic E-state index is 13.6. The number of hydroxylamine groups is 1. The molecule has 0 bridgehead atoms. The van der Waals surface area contributed by atoms with Crippen LogP contribution >= 0.6 is 0 Å². The fraction of sp³-hybridized carbons (Fsp3) is 0.467. The zero-order valence-corrected chi connectivity index (χ0v) is 23.4. The molecule has 3 atom stereocenters. The third-order valence-corrected chi connectivity index (χ3v) is 6.59. The minimum absolute atomic E-state index is 0.104. The number of ether oxygens (including phenoxy) is 1. The van der Waals surface area contributed by atoms with E-state index in [1.807, 2.05) is 68.4 Å². The lowest BCUT2D eigenvalue weighted by atomic mass is 9.80. The molecule has 5 N–H and O–H groups in total. The summed E-state index contributed by atoms with van der Waals surface area (Å²) in [6.07, 6.45) is 2.44. The van der Waals surface area contributed by atoms with Crippen LogP contribution in [0.5, 0.6) is 0 Å². The molecule has 2 amide bonds. The van der Waals surface area contributed by atoms with Gasteiger partial charge in [0.2, 0.25) is 11.8 Å². The zero-order valence-electron chi connectivity index (χ0n) is 23.4. The van der Waals surface area contributed by atoms with Gasteiger partial charge in [0, 0.05) is 12.3 Å². The van der Waals surface area contributed by atoms with Gasteiger partial charge in [-0.25, -0.2) is 10.3 Å². The van der Waals surface area contributed by atoms with Crippen LogP contribution in [-0.4, -0.2) is 42.0 Å². The van der Waals surface area contributed by atoms with Gasteiger partial charge in [-0.05, 0) is 55.2 Å². The molecule has 9 nitrogen and oxygen atoms in total. The number of esters is 1. The van der Waals surface area contributed by atoms with Gasteiger partial charge in [0.1, 0.15) is 6.04 Å². The van der Waals surface area contributed by atoms with E-state index >= 15 is 0 Å². The molecule has 2 aromatic carbocycles. The minimum atomic E-state index is -0.936. The lowest BCUT2D eigenvalue weighted by Gasteiger charge is -2.28. The molecule has 0 saturated heterocycles. The summed E-state index contributed by atoms with van der Waals surface area (Å²) < 4.78 is 4.97. The van der Waals surface area contributed by atoms with Crippen LogP contribution in [0.4, 0.5) is 0 Å². The molecule has 0 radical (unpaired) electrons. The van der Waals surface area contributed by atoms with Crippen molar-refractivity contribution >= 4 is 23.6 Å². The summed E-state index contributed by atoms with van der Waals surface area (Å²) in [6.45, 7) is 6.11. The van der Waals surface area contributed by atoms with E-state index in [0.717, 1.165) is 23.1 Å². The molecule has 0 aliphatic rings. The number of nitrogens with two attached hydrogens (primary N) is 1. The van der Waals surface area contributed by atoms with E-state index in [1.54, 1.807) is 12.4 Å². The molecule has 0 unspecified atom stereocenters. The van der Waals surface area contributed by atoms with E-state index in [1.165, 1.54) is 7.11 Å². The summed E-state index contributed by atoms with van der Waals surface area (Å²) in [5.41, 5.74) is 10.3. The van der Waals surface area contributed by atoms with Crippen molar-refractivity contribution < 1.29 is 24.3 Å². The Hall–Kier alpha value is -3.72. The van der Waals surface area contributed by atoms with Gasteiger partial charge in [-0.1, -0.05) is 68.4 Å². The molecule has 212 valence electrons. The summed E-state index contributed by atoms with van der Waals surface area (Å²) in [4.78, 5) is 43.2. The first-order valence-corrected chi connectivity index (χ1v) is 13.3. The Balaban J connectivity index is 2.19. The maximum Gasteiger partial charge on any atom is 0.328 e. The molecule has 0 heterocycles. The van der Waals surface area contributed by atoms with Gasteiger partial charge in [0.25, 0.3) is 0 Å². The predicted molar refractivity (Wildman–Crippen MR) is 151 cm³/mol. The molecule has 2 aromatic rings. The highest BCUT2D eigenvalue weighted by Gasteiger charge is 2.36. The van der Waals surface area contributed by atoms with E-state index in [4.69, 9.17) is 10.5 Å². The first-order chi connectivity index (χ1) is 18.6. The summed E-state index contributed by atoms with van der Waals surface area (Å²) in [7, 11) is 1.27. The molecule has 0 aliphatic heterocycles. The van der Waals surface area contributed by atoms with E-state index in [9.17, 15) is 19.6 Å². The van der Waals surface area contributed by atoms with Crippen LogP contribution in [0.2, 0.25) is 0 Å². The van der Waals surface area contributed by atoms with Crippen LogP contribution < -0.4 is 16.5 Å². The van der Waals surface area contributed by atoms with Crippen molar-refractivity contribution in [1.29, 1.82) is 0 Å². The second kappa shape index (κ2) is 16.3. The average molecular weight is 539 g/mol. The van der Waals surface area contributed by atoms with Crippen molar-refractivity contribution in [3.63, 3.8) is 0 Å². The van der Waals surface area contributed by atoms with Crippen LogP contribution in [0.25, 0.3) is 0 Å². The Kier molecular flexibility index (Phi) is 13.2. The number of carbonyl (C=O) groups excluding carboxylic acids is 3. The van der Waals surface area contributed by atoms with Gasteiger partial charge in [0.15, 0.2) is 0 Å². The number of hydrogen-bond acceptors (Lipinski definition) is 6. The number of nitrogens with one attached hydrogen (secondary N) is 2. The minimum Gasteiger partial charge on any atom is -0.467 e. The van der Waals surface area contributed by atoms with Crippen LogP contribution in [-0.2, 0) is 38.5 Å². The molecule has 39 heavy (non-hydrogen) atoms. The number of hydrogen-bond donors (Lipinski definition) is 4.